The molecular formula is C20H20FN3O3S. The summed E-state index contributed by atoms with van der Waals surface area (Å²) in [6.45, 7) is 7.01. The SMILES string of the molecule is Cc1ccc(S(=O)(=O)Nc2c(C)nc(Oc3ccccc3F)nc2C)cc1C. The Morgan fingerprint density at radius 3 is 2.18 bits per heavy atom. The standard InChI is InChI=1S/C20H20FN3O3S/c1-12-9-10-16(11-13(12)2)28(25,26)24-19-14(3)22-20(23-15(19)4)27-18-8-6-5-7-17(18)21/h5-11,24H,1-4H3. The highest BCUT2D eigenvalue weighted by Gasteiger charge is 2.19. The van der Waals surface area contributed by atoms with Crippen molar-refractivity contribution in [3.05, 3.63) is 70.8 Å². The molecule has 0 fully saturated rings. The van der Waals surface area contributed by atoms with E-state index in [0.29, 0.717) is 11.4 Å². The molecule has 0 atom stereocenters. The van der Waals surface area contributed by atoms with Crippen molar-refractivity contribution in [3.63, 3.8) is 0 Å². The number of hydrogen-bond acceptors (Lipinski definition) is 5. The topological polar surface area (TPSA) is 81.2 Å². The Hall–Kier alpha value is -3.00. The Bertz CT molecular complexity index is 1120. The van der Waals surface area contributed by atoms with E-state index in [0.717, 1.165) is 11.1 Å². The number of halogens is 1. The van der Waals surface area contributed by atoms with Crippen LogP contribution in [-0.4, -0.2) is 18.4 Å². The van der Waals surface area contributed by atoms with E-state index >= 15 is 0 Å². The van der Waals surface area contributed by atoms with Crippen LogP contribution < -0.4 is 9.46 Å². The minimum Gasteiger partial charge on any atom is -0.421 e. The second-order valence-corrected chi connectivity index (χ2v) is 8.12. The zero-order valence-corrected chi connectivity index (χ0v) is 16.8. The van der Waals surface area contributed by atoms with Crippen LogP contribution in [0, 0.1) is 33.5 Å². The van der Waals surface area contributed by atoms with Gasteiger partial charge in [-0.05, 0) is 63.1 Å². The maximum absolute atomic E-state index is 13.8. The molecule has 3 aromatic rings. The molecule has 0 aliphatic carbocycles. The first-order valence-corrected chi connectivity index (χ1v) is 10.0. The quantitative estimate of drug-likeness (QED) is 0.683. The molecule has 0 saturated heterocycles. The molecule has 0 aliphatic heterocycles. The van der Waals surface area contributed by atoms with E-state index in [2.05, 4.69) is 14.7 Å². The van der Waals surface area contributed by atoms with Crippen molar-refractivity contribution in [2.75, 3.05) is 4.72 Å². The molecule has 8 heteroatoms. The molecule has 146 valence electrons. The second kappa shape index (κ2) is 7.55. The van der Waals surface area contributed by atoms with Crippen molar-refractivity contribution in [1.29, 1.82) is 0 Å². The molecule has 1 heterocycles. The lowest BCUT2D eigenvalue weighted by atomic mass is 10.1. The summed E-state index contributed by atoms with van der Waals surface area (Å²) < 4.78 is 47.2. The van der Waals surface area contributed by atoms with Gasteiger partial charge >= 0.3 is 6.01 Å². The Labute approximate surface area is 163 Å². The maximum atomic E-state index is 13.8. The number of ether oxygens (including phenoxy) is 1. The first-order chi connectivity index (χ1) is 13.2. The van der Waals surface area contributed by atoms with Crippen LogP contribution in [0.15, 0.2) is 47.4 Å². The molecule has 28 heavy (non-hydrogen) atoms. The number of hydrogen-bond donors (Lipinski definition) is 1. The highest BCUT2D eigenvalue weighted by molar-refractivity contribution is 7.92. The monoisotopic (exact) mass is 401 g/mol. The summed E-state index contributed by atoms with van der Waals surface area (Å²) in [5, 5.41) is 0. The van der Waals surface area contributed by atoms with Crippen LogP contribution in [-0.2, 0) is 10.0 Å². The van der Waals surface area contributed by atoms with E-state index in [4.69, 9.17) is 4.74 Å². The Balaban J connectivity index is 1.90. The fraction of sp³-hybridized carbons (Fsp3) is 0.200. The number of nitrogens with zero attached hydrogens (tertiary/aromatic N) is 2. The van der Waals surface area contributed by atoms with Crippen LogP contribution in [0.1, 0.15) is 22.5 Å². The molecule has 6 nitrogen and oxygen atoms in total. The highest BCUT2D eigenvalue weighted by atomic mass is 32.2. The van der Waals surface area contributed by atoms with E-state index in [-0.39, 0.29) is 22.3 Å². The largest absolute Gasteiger partial charge is 0.421 e. The lowest BCUT2D eigenvalue weighted by molar-refractivity contribution is 0.409. The molecule has 3 rings (SSSR count). The molecule has 0 amide bonds. The smallest absolute Gasteiger partial charge is 0.322 e. The van der Waals surface area contributed by atoms with Gasteiger partial charge in [0.15, 0.2) is 11.6 Å². The van der Waals surface area contributed by atoms with Crippen LogP contribution in [0.4, 0.5) is 10.1 Å². The van der Waals surface area contributed by atoms with Gasteiger partial charge in [-0.25, -0.2) is 12.8 Å². The average Bonchev–Trinajstić information content (AvgIpc) is 2.62. The Kier molecular flexibility index (Phi) is 5.33. The minimum atomic E-state index is -3.81. The van der Waals surface area contributed by atoms with Gasteiger partial charge in [0.05, 0.1) is 22.0 Å². The molecular weight excluding hydrogens is 381 g/mol. The number of para-hydroxylation sites is 1. The van der Waals surface area contributed by atoms with Crippen LogP contribution in [0.25, 0.3) is 0 Å². The van der Waals surface area contributed by atoms with Gasteiger partial charge < -0.3 is 4.74 Å². The average molecular weight is 401 g/mol. The molecule has 2 aromatic carbocycles. The molecule has 0 radical (unpaired) electrons. The van der Waals surface area contributed by atoms with E-state index in [1.54, 1.807) is 44.2 Å². The zero-order valence-electron chi connectivity index (χ0n) is 15.9. The summed E-state index contributed by atoms with van der Waals surface area (Å²) in [5.74, 6) is -0.550. The first-order valence-electron chi connectivity index (χ1n) is 8.55. The van der Waals surface area contributed by atoms with E-state index < -0.39 is 15.8 Å². The summed E-state index contributed by atoms with van der Waals surface area (Å²) in [4.78, 5) is 8.46. The Morgan fingerprint density at radius 2 is 1.57 bits per heavy atom. The lowest BCUT2D eigenvalue weighted by Crippen LogP contribution is -2.16. The van der Waals surface area contributed by atoms with Gasteiger partial charge in [-0.3, -0.25) is 4.72 Å². The van der Waals surface area contributed by atoms with Gasteiger partial charge in [-0.1, -0.05) is 18.2 Å². The van der Waals surface area contributed by atoms with Crippen LogP contribution in [0.2, 0.25) is 0 Å². The predicted molar refractivity (Wildman–Crippen MR) is 105 cm³/mol. The van der Waals surface area contributed by atoms with Crippen molar-refractivity contribution in [3.8, 4) is 11.8 Å². The minimum absolute atomic E-state index is 0.00948. The number of rotatable bonds is 5. The van der Waals surface area contributed by atoms with Gasteiger partial charge in [0, 0.05) is 0 Å². The lowest BCUT2D eigenvalue weighted by Gasteiger charge is -2.14. The van der Waals surface area contributed by atoms with Crippen molar-refractivity contribution < 1.29 is 17.5 Å². The third-order valence-electron chi connectivity index (χ3n) is 4.31. The third kappa shape index (κ3) is 4.12. The summed E-state index contributed by atoms with van der Waals surface area (Å²) in [6.07, 6.45) is 0. The predicted octanol–water partition coefficient (Wildman–Crippen LogP) is 4.44. The molecule has 1 aromatic heterocycles. The number of anilines is 1. The molecule has 0 unspecified atom stereocenters. The first kappa shape index (κ1) is 19.8. The number of aromatic nitrogens is 2. The van der Waals surface area contributed by atoms with Gasteiger partial charge in [-0.15, -0.1) is 0 Å². The third-order valence-corrected chi connectivity index (χ3v) is 5.66. The van der Waals surface area contributed by atoms with E-state index in [1.165, 1.54) is 12.1 Å². The number of sulfonamides is 1. The number of nitrogens with one attached hydrogen (secondary N) is 1. The summed E-state index contributed by atoms with van der Waals surface area (Å²) in [5.41, 5.74) is 2.88. The Morgan fingerprint density at radius 1 is 0.929 bits per heavy atom. The normalized spacial score (nSPS) is 11.3. The summed E-state index contributed by atoms with van der Waals surface area (Å²) in [6, 6.07) is 10.7. The van der Waals surface area contributed by atoms with Crippen molar-refractivity contribution >= 4 is 15.7 Å². The van der Waals surface area contributed by atoms with Crippen LogP contribution >= 0.6 is 0 Å². The fourth-order valence-corrected chi connectivity index (χ4v) is 3.84. The van der Waals surface area contributed by atoms with Crippen molar-refractivity contribution in [2.45, 2.75) is 32.6 Å². The molecule has 1 N–H and O–H groups in total. The van der Waals surface area contributed by atoms with Crippen LogP contribution in [0.3, 0.4) is 0 Å². The summed E-state index contributed by atoms with van der Waals surface area (Å²) >= 11 is 0. The van der Waals surface area contributed by atoms with Gasteiger partial charge in [0.1, 0.15) is 0 Å². The van der Waals surface area contributed by atoms with Crippen molar-refractivity contribution in [1.82, 2.24) is 9.97 Å². The second-order valence-electron chi connectivity index (χ2n) is 6.44. The highest BCUT2D eigenvalue weighted by Crippen LogP contribution is 2.27. The molecule has 0 saturated carbocycles. The van der Waals surface area contributed by atoms with Gasteiger partial charge in [0.25, 0.3) is 10.0 Å². The van der Waals surface area contributed by atoms with Gasteiger partial charge in [0.2, 0.25) is 0 Å². The zero-order chi connectivity index (χ0) is 20.5. The van der Waals surface area contributed by atoms with E-state index in [1.807, 2.05) is 13.8 Å². The molecule has 0 aliphatic rings. The van der Waals surface area contributed by atoms with Gasteiger partial charge in [-0.2, -0.15) is 9.97 Å². The number of benzene rings is 2. The number of aryl methyl sites for hydroxylation is 4. The van der Waals surface area contributed by atoms with Crippen LogP contribution in [0.5, 0.6) is 11.8 Å². The summed E-state index contributed by atoms with van der Waals surface area (Å²) in [7, 11) is -3.81. The molecule has 0 spiro atoms. The molecule has 0 bridgehead atoms. The van der Waals surface area contributed by atoms with E-state index in [9.17, 15) is 12.8 Å². The van der Waals surface area contributed by atoms with Crippen molar-refractivity contribution in [2.24, 2.45) is 0 Å². The fourth-order valence-electron chi connectivity index (χ4n) is 2.58. The maximum Gasteiger partial charge on any atom is 0.322 e.